The quantitative estimate of drug-likeness (QED) is 0.158. The number of carbonyl (C=O) groups is 3. The predicted molar refractivity (Wildman–Crippen MR) is 182 cm³/mol. The Morgan fingerprint density at radius 1 is 1.02 bits per heavy atom. The molecule has 2 rings (SSSR count). The van der Waals surface area contributed by atoms with E-state index < -0.39 is 29.4 Å². The fraction of sp³-hybridized carbons (Fsp3) is 0.719. The summed E-state index contributed by atoms with van der Waals surface area (Å²) in [4.78, 5) is 40.0. The number of benzene rings is 1. The van der Waals surface area contributed by atoms with Crippen molar-refractivity contribution in [2.24, 2.45) is 40.6 Å². The monoisotopic (exact) mass is 677 g/mol. The second-order valence-electron chi connectivity index (χ2n) is 13.0. The van der Waals surface area contributed by atoms with Crippen LogP contribution < -0.4 is 26.8 Å². The average molecular weight is 679 g/mol. The summed E-state index contributed by atoms with van der Waals surface area (Å²) >= 11 is 0. The molecule has 1 aromatic rings. The average Bonchev–Trinajstić information content (AvgIpc) is 2.96. The van der Waals surface area contributed by atoms with E-state index in [9.17, 15) is 19.5 Å². The standard InChI is InChI=1S/C32H55N5O6.2ClH/c1-21(2)23(17-26(33)27(38)18-25(22(3)4)30(40)36-20-32(5,6)31(34)41)19-35-29(39)24-9-7-8-10-28(24)43-16-13-37-11-14-42-15-12-37;;/h7-10,21-23,25-27,38H,11-20,33H2,1-6H3,(H2,34,41)(H,35,39)(H,36,40);2*1H/t23-,25+,26+,27+;;/m1../s1. The van der Waals surface area contributed by atoms with Gasteiger partial charge in [-0.2, -0.15) is 0 Å². The highest BCUT2D eigenvalue weighted by Gasteiger charge is 2.32. The maximum atomic E-state index is 13.2. The van der Waals surface area contributed by atoms with Crippen molar-refractivity contribution in [2.75, 3.05) is 52.5 Å². The van der Waals surface area contributed by atoms with Gasteiger partial charge in [0.2, 0.25) is 11.8 Å². The number of amides is 3. The third-order valence-corrected chi connectivity index (χ3v) is 8.45. The first kappa shape index (κ1) is 42.9. The maximum absolute atomic E-state index is 13.2. The zero-order valence-corrected chi connectivity index (χ0v) is 29.4. The van der Waals surface area contributed by atoms with Crippen molar-refractivity contribution in [3.63, 3.8) is 0 Å². The van der Waals surface area contributed by atoms with E-state index in [2.05, 4.69) is 29.4 Å². The van der Waals surface area contributed by atoms with Gasteiger partial charge in [-0.05, 0) is 56.6 Å². The predicted octanol–water partition coefficient (Wildman–Crippen LogP) is 2.61. The summed E-state index contributed by atoms with van der Waals surface area (Å²) < 4.78 is 11.4. The lowest BCUT2D eigenvalue weighted by Crippen LogP contribution is -2.47. The van der Waals surface area contributed by atoms with E-state index in [1.807, 2.05) is 26.0 Å². The lowest BCUT2D eigenvalue weighted by atomic mass is 9.83. The molecule has 4 atom stereocenters. The van der Waals surface area contributed by atoms with E-state index in [1.165, 1.54) is 0 Å². The van der Waals surface area contributed by atoms with Gasteiger partial charge in [-0.15, -0.1) is 24.8 Å². The van der Waals surface area contributed by atoms with Crippen LogP contribution in [0.5, 0.6) is 5.75 Å². The highest BCUT2D eigenvalue weighted by Crippen LogP contribution is 2.24. The number of aliphatic hydroxyl groups excluding tert-OH is 1. The zero-order chi connectivity index (χ0) is 32.2. The topological polar surface area (TPSA) is 169 Å². The molecular weight excluding hydrogens is 621 g/mol. The second kappa shape index (κ2) is 20.9. The molecule has 7 N–H and O–H groups in total. The number of ether oxygens (including phenoxy) is 2. The van der Waals surface area contributed by atoms with Crippen molar-refractivity contribution in [2.45, 2.75) is 66.5 Å². The number of aliphatic hydroxyl groups is 1. The molecule has 1 fully saturated rings. The van der Waals surface area contributed by atoms with Gasteiger partial charge in [0, 0.05) is 44.7 Å². The number of para-hydroxylation sites is 1. The summed E-state index contributed by atoms with van der Waals surface area (Å²) in [5.74, 6) is -0.756. The molecule has 1 aliphatic rings. The van der Waals surface area contributed by atoms with Gasteiger partial charge in [0.05, 0.1) is 30.3 Å². The van der Waals surface area contributed by atoms with Crippen molar-refractivity contribution in [3.8, 4) is 5.75 Å². The zero-order valence-electron chi connectivity index (χ0n) is 27.8. The molecule has 0 aromatic heterocycles. The molecule has 11 nitrogen and oxygen atoms in total. The van der Waals surface area contributed by atoms with Gasteiger partial charge in [0.1, 0.15) is 12.4 Å². The van der Waals surface area contributed by atoms with E-state index >= 15 is 0 Å². The van der Waals surface area contributed by atoms with E-state index in [0.29, 0.717) is 30.9 Å². The lowest BCUT2D eigenvalue weighted by molar-refractivity contribution is -0.130. The summed E-state index contributed by atoms with van der Waals surface area (Å²) in [5.41, 5.74) is 11.5. The Labute approximate surface area is 281 Å². The SMILES string of the molecule is CC(C)[C@@H](CNC(=O)c1ccccc1OCCN1CCOCC1)C[C@H](N)[C@@H](O)C[C@H](C(=O)NCC(C)(C)C(N)=O)C(C)C.Cl.Cl. The Morgan fingerprint density at radius 3 is 2.22 bits per heavy atom. The highest BCUT2D eigenvalue weighted by atomic mass is 35.5. The third-order valence-electron chi connectivity index (χ3n) is 8.45. The molecule has 260 valence electrons. The van der Waals surface area contributed by atoms with Crippen molar-refractivity contribution < 1.29 is 29.0 Å². The van der Waals surface area contributed by atoms with Crippen molar-refractivity contribution in [3.05, 3.63) is 29.8 Å². The minimum absolute atomic E-state index is 0. The Balaban J connectivity index is 0.00000968. The van der Waals surface area contributed by atoms with Crippen LogP contribution in [0, 0.1) is 29.1 Å². The van der Waals surface area contributed by atoms with Crippen LogP contribution in [-0.2, 0) is 14.3 Å². The van der Waals surface area contributed by atoms with Crippen LogP contribution in [0.4, 0.5) is 0 Å². The number of nitrogens with zero attached hydrogens (tertiary/aromatic N) is 1. The summed E-state index contributed by atoms with van der Waals surface area (Å²) in [7, 11) is 0. The van der Waals surface area contributed by atoms with Gasteiger partial charge < -0.3 is 36.7 Å². The molecule has 1 aliphatic heterocycles. The number of primary amides is 1. The number of nitrogens with one attached hydrogen (secondary N) is 2. The number of carbonyl (C=O) groups excluding carboxylic acids is 3. The van der Waals surface area contributed by atoms with Gasteiger partial charge in [0.25, 0.3) is 5.91 Å². The highest BCUT2D eigenvalue weighted by molar-refractivity contribution is 5.96. The summed E-state index contributed by atoms with van der Waals surface area (Å²) in [5, 5.41) is 16.9. The molecule has 0 unspecified atom stereocenters. The molecule has 0 spiro atoms. The van der Waals surface area contributed by atoms with Crippen LogP contribution >= 0.6 is 24.8 Å². The van der Waals surface area contributed by atoms with Crippen molar-refractivity contribution in [1.82, 2.24) is 15.5 Å². The molecule has 0 radical (unpaired) electrons. The molecule has 1 aromatic carbocycles. The first-order valence-electron chi connectivity index (χ1n) is 15.5. The number of nitrogens with two attached hydrogens (primary N) is 2. The largest absolute Gasteiger partial charge is 0.491 e. The smallest absolute Gasteiger partial charge is 0.255 e. The van der Waals surface area contributed by atoms with E-state index in [0.717, 1.165) is 32.8 Å². The Bertz CT molecular complexity index is 1040. The van der Waals surface area contributed by atoms with Crippen LogP contribution in [0.25, 0.3) is 0 Å². The number of rotatable bonds is 18. The Hall–Kier alpha value is -2.15. The fourth-order valence-corrected chi connectivity index (χ4v) is 4.95. The van der Waals surface area contributed by atoms with E-state index in [-0.39, 0.29) is 67.3 Å². The van der Waals surface area contributed by atoms with Gasteiger partial charge in [0.15, 0.2) is 0 Å². The van der Waals surface area contributed by atoms with Gasteiger partial charge >= 0.3 is 0 Å². The molecule has 3 amide bonds. The number of morpholine rings is 1. The summed E-state index contributed by atoms with van der Waals surface area (Å²) in [6.45, 7) is 16.2. The summed E-state index contributed by atoms with van der Waals surface area (Å²) in [6.07, 6.45) is -0.258. The third kappa shape index (κ3) is 14.4. The molecule has 13 heteroatoms. The lowest BCUT2D eigenvalue weighted by Gasteiger charge is -2.30. The Kier molecular flexibility index (Phi) is 19.9. The normalized spacial score (nSPS) is 16.5. The van der Waals surface area contributed by atoms with Crippen LogP contribution in [0.1, 0.15) is 64.7 Å². The van der Waals surface area contributed by atoms with Crippen molar-refractivity contribution in [1.29, 1.82) is 0 Å². The first-order valence-corrected chi connectivity index (χ1v) is 15.5. The molecule has 1 saturated heterocycles. The van der Waals surface area contributed by atoms with Gasteiger partial charge in [-0.1, -0.05) is 39.8 Å². The molecule has 0 saturated carbocycles. The maximum Gasteiger partial charge on any atom is 0.255 e. The van der Waals surface area contributed by atoms with Gasteiger partial charge in [-0.3, -0.25) is 19.3 Å². The minimum atomic E-state index is -0.917. The number of hydrogen-bond donors (Lipinski definition) is 5. The van der Waals surface area contributed by atoms with E-state index in [4.69, 9.17) is 20.9 Å². The molecule has 1 heterocycles. The number of hydrogen-bond acceptors (Lipinski definition) is 8. The fourth-order valence-electron chi connectivity index (χ4n) is 4.95. The molecular formula is C32H57Cl2N5O6. The van der Waals surface area contributed by atoms with Crippen LogP contribution in [0.15, 0.2) is 24.3 Å². The molecule has 45 heavy (non-hydrogen) atoms. The Morgan fingerprint density at radius 2 is 1.64 bits per heavy atom. The van der Waals surface area contributed by atoms with Crippen LogP contribution in [-0.4, -0.2) is 92.4 Å². The summed E-state index contributed by atoms with van der Waals surface area (Å²) in [6, 6.07) is 6.63. The minimum Gasteiger partial charge on any atom is -0.491 e. The first-order chi connectivity index (χ1) is 20.2. The molecule has 0 bridgehead atoms. The van der Waals surface area contributed by atoms with Crippen LogP contribution in [0.3, 0.4) is 0 Å². The number of halogens is 2. The van der Waals surface area contributed by atoms with Gasteiger partial charge in [-0.25, -0.2) is 0 Å². The van der Waals surface area contributed by atoms with Crippen molar-refractivity contribution >= 4 is 42.5 Å². The van der Waals surface area contributed by atoms with E-state index in [1.54, 1.807) is 26.0 Å². The second-order valence-corrected chi connectivity index (χ2v) is 13.0. The van der Waals surface area contributed by atoms with Crippen LogP contribution in [0.2, 0.25) is 0 Å². The molecule has 0 aliphatic carbocycles.